The molecular weight excluding hydrogens is 394 g/mol. The van der Waals surface area contributed by atoms with Gasteiger partial charge in [0.05, 0.1) is 11.8 Å². The molecule has 7 heteroatoms. The van der Waals surface area contributed by atoms with Crippen molar-refractivity contribution in [1.29, 1.82) is 0 Å². The SMILES string of the molecule is CN(C)c1ccc([C@H]2NC[C@H](CSc3nc(C4CC4)n(-c4ccccc4)n3)O2)cc1. The predicted octanol–water partition coefficient (Wildman–Crippen LogP) is 3.99. The Hall–Kier alpha value is -2.35. The van der Waals surface area contributed by atoms with E-state index >= 15 is 0 Å². The summed E-state index contributed by atoms with van der Waals surface area (Å²) >= 11 is 1.68. The molecular formula is C23H27N5OS. The summed E-state index contributed by atoms with van der Waals surface area (Å²) in [4.78, 5) is 6.95. The lowest BCUT2D eigenvalue weighted by Crippen LogP contribution is -2.17. The molecule has 6 nitrogen and oxygen atoms in total. The van der Waals surface area contributed by atoms with Crippen LogP contribution in [0.15, 0.2) is 59.8 Å². The average Bonchev–Trinajstić information content (AvgIpc) is 3.35. The van der Waals surface area contributed by atoms with Gasteiger partial charge in [-0.25, -0.2) is 9.67 Å². The number of para-hydroxylation sites is 1. The highest BCUT2D eigenvalue weighted by atomic mass is 32.2. The van der Waals surface area contributed by atoms with Crippen LogP contribution in [0.3, 0.4) is 0 Å². The number of ether oxygens (including phenoxy) is 1. The molecule has 1 N–H and O–H groups in total. The monoisotopic (exact) mass is 421 g/mol. The van der Waals surface area contributed by atoms with E-state index in [-0.39, 0.29) is 12.3 Å². The Morgan fingerprint density at radius 2 is 1.87 bits per heavy atom. The summed E-state index contributed by atoms with van der Waals surface area (Å²) in [6.07, 6.45) is 2.50. The predicted molar refractivity (Wildman–Crippen MR) is 120 cm³/mol. The Bertz CT molecular complexity index is 985. The molecule has 1 aromatic heterocycles. The molecule has 0 spiro atoms. The quantitative estimate of drug-likeness (QED) is 0.582. The fourth-order valence-electron chi connectivity index (χ4n) is 3.67. The maximum atomic E-state index is 6.24. The first-order chi connectivity index (χ1) is 14.7. The van der Waals surface area contributed by atoms with E-state index in [4.69, 9.17) is 14.8 Å². The number of aromatic nitrogens is 3. The molecule has 30 heavy (non-hydrogen) atoms. The van der Waals surface area contributed by atoms with Crippen molar-refractivity contribution < 1.29 is 4.74 Å². The largest absolute Gasteiger partial charge is 0.378 e. The topological polar surface area (TPSA) is 55.2 Å². The maximum absolute atomic E-state index is 6.24. The van der Waals surface area contributed by atoms with Gasteiger partial charge in [0.1, 0.15) is 12.1 Å². The van der Waals surface area contributed by atoms with Crippen molar-refractivity contribution in [2.45, 2.75) is 36.2 Å². The third-order valence-electron chi connectivity index (χ3n) is 5.53. The lowest BCUT2D eigenvalue weighted by atomic mass is 10.2. The van der Waals surface area contributed by atoms with Gasteiger partial charge in [-0.05, 0) is 42.7 Å². The summed E-state index contributed by atoms with van der Waals surface area (Å²) < 4.78 is 8.26. The second kappa shape index (κ2) is 8.41. The number of nitrogens with one attached hydrogen (secondary N) is 1. The van der Waals surface area contributed by atoms with Crippen LogP contribution in [-0.4, -0.2) is 47.3 Å². The third-order valence-corrected chi connectivity index (χ3v) is 6.50. The Balaban J connectivity index is 1.22. The molecule has 0 unspecified atom stereocenters. The number of thioether (sulfide) groups is 1. The highest BCUT2D eigenvalue weighted by Crippen LogP contribution is 2.40. The van der Waals surface area contributed by atoms with Crippen molar-refractivity contribution in [2.75, 3.05) is 31.3 Å². The van der Waals surface area contributed by atoms with E-state index in [0.29, 0.717) is 5.92 Å². The number of hydrogen-bond acceptors (Lipinski definition) is 6. The molecule has 1 aliphatic heterocycles. The van der Waals surface area contributed by atoms with Crippen molar-refractivity contribution >= 4 is 17.4 Å². The lowest BCUT2D eigenvalue weighted by Gasteiger charge is -2.16. The van der Waals surface area contributed by atoms with Crippen LogP contribution in [0.2, 0.25) is 0 Å². The minimum atomic E-state index is -0.0522. The van der Waals surface area contributed by atoms with E-state index in [0.717, 1.165) is 34.5 Å². The van der Waals surface area contributed by atoms with Gasteiger partial charge in [-0.3, -0.25) is 5.32 Å². The van der Waals surface area contributed by atoms with Gasteiger partial charge in [0.25, 0.3) is 0 Å². The molecule has 2 heterocycles. The number of hydrogen-bond donors (Lipinski definition) is 1. The minimum absolute atomic E-state index is 0.0522. The van der Waals surface area contributed by atoms with Gasteiger partial charge in [0.15, 0.2) is 0 Å². The van der Waals surface area contributed by atoms with Crippen LogP contribution in [0.25, 0.3) is 5.69 Å². The van der Waals surface area contributed by atoms with E-state index in [9.17, 15) is 0 Å². The summed E-state index contributed by atoms with van der Waals surface area (Å²) in [6, 6.07) is 18.8. The molecule has 1 saturated heterocycles. The zero-order chi connectivity index (χ0) is 20.5. The van der Waals surface area contributed by atoms with Crippen LogP contribution >= 0.6 is 11.8 Å². The van der Waals surface area contributed by atoms with E-state index in [1.54, 1.807) is 11.8 Å². The maximum Gasteiger partial charge on any atom is 0.209 e. The van der Waals surface area contributed by atoms with Crippen molar-refractivity contribution in [3.05, 3.63) is 66.0 Å². The molecule has 2 atom stereocenters. The molecule has 2 aromatic carbocycles. The van der Waals surface area contributed by atoms with Crippen LogP contribution in [0.4, 0.5) is 5.69 Å². The van der Waals surface area contributed by atoms with Crippen molar-refractivity contribution in [2.24, 2.45) is 0 Å². The highest BCUT2D eigenvalue weighted by Gasteiger charge is 2.31. The molecule has 156 valence electrons. The van der Waals surface area contributed by atoms with Crippen molar-refractivity contribution in [3.8, 4) is 5.69 Å². The van der Waals surface area contributed by atoms with Gasteiger partial charge in [0, 0.05) is 38.0 Å². The lowest BCUT2D eigenvalue weighted by molar-refractivity contribution is 0.0534. The summed E-state index contributed by atoms with van der Waals surface area (Å²) in [5.41, 5.74) is 3.43. The molecule has 1 saturated carbocycles. The first-order valence-corrected chi connectivity index (χ1v) is 11.5. The fraction of sp³-hybridized carbons (Fsp3) is 0.391. The normalized spacial score (nSPS) is 21.1. The van der Waals surface area contributed by atoms with Gasteiger partial charge in [-0.1, -0.05) is 42.1 Å². The highest BCUT2D eigenvalue weighted by molar-refractivity contribution is 7.99. The molecule has 0 radical (unpaired) electrons. The standard InChI is InChI=1S/C23H27N5OS/c1-27(2)18-12-10-17(11-13-18)22-24-14-20(29-22)15-30-23-25-21(16-8-9-16)28(26-23)19-6-4-3-5-7-19/h3-7,10-13,16,20,22,24H,8-9,14-15H2,1-2H3/t20-,22+/m1/s1. The first kappa shape index (κ1) is 19.6. The number of rotatable bonds is 7. The van der Waals surface area contributed by atoms with E-state index < -0.39 is 0 Å². The smallest absolute Gasteiger partial charge is 0.209 e. The summed E-state index contributed by atoms with van der Waals surface area (Å²) in [7, 11) is 4.10. The molecule has 2 aliphatic rings. The van der Waals surface area contributed by atoms with Gasteiger partial charge < -0.3 is 9.64 Å². The molecule has 2 fully saturated rings. The van der Waals surface area contributed by atoms with Gasteiger partial charge >= 0.3 is 0 Å². The fourth-order valence-corrected chi connectivity index (χ4v) is 4.50. The van der Waals surface area contributed by atoms with Crippen LogP contribution in [0.5, 0.6) is 0 Å². The molecule has 3 aromatic rings. The Morgan fingerprint density at radius 1 is 1.10 bits per heavy atom. The van der Waals surface area contributed by atoms with Crippen molar-refractivity contribution in [1.82, 2.24) is 20.1 Å². The van der Waals surface area contributed by atoms with Gasteiger partial charge in [0.2, 0.25) is 5.16 Å². The Kier molecular flexibility index (Phi) is 5.50. The summed E-state index contributed by atoms with van der Waals surface area (Å²) in [5.74, 6) is 2.47. The Morgan fingerprint density at radius 3 is 2.57 bits per heavy atom. The molecule has 0 bridgehead atoms. The first-order valence-electron chi connectivity index (χ1n) is 10.5. The number of anilines is 1. The summed E-state index contributed by atoms with van der Waals surface area (Å²) in [6.45, 7) is 0.835. The Labute approximate surface area is 181 Å². The average molecular weight is 422 g/mol. The third kappa shape index (κ3) is 4.24. The molecule has 0 amide bonds. The molecule has 1 aliphatic carbocycles. The number of benzene rings is 2. The van der Waals surface area contributed by atoms with Crippen molar-refractivity contribution in [3.63, 3.8) is 0 Å². The summed E-state index contributed by atoms with van der Waals surface area (Å²) in [5, 5.41) is 9.11. The van der Waals surface area contributed by atoms with Crippen LogP contribution in [0.1, 0.15) is 36.4 Å². The molecule has 5 rings (SSSR count). The minimum Gasteiger partial charge on any atom is -0.378 e. The van der Waals surface area contributed by atoms with Gasteiger partial charge in [-0.15, -0.1) is 5.10 Å². The van der Waals surface area contributed by atoms with Crippen LogP contribution in [0, 0.1) is 0 Å². The van der Waals surface area contributed by atoms with E-state index in [1.807, 2.05) is 37.0 Å². The van der Waals surface area contributed by atoms with Gasteiger partial charge in [-0.2, -0.15) is 0 Å². The van der Waals surface area contributed by atoms with Crippen LogP contribution < -0.4 is 10.2 Å². The zero-order valence-electron chi connectivity index (χ0n) is 17.4. The zero-order valence-corrected chi connectivity index (χ0v) is 18.2. The van der Waals surface area contributed by atoms with Crippen LogP contribution in [-0.2, 0) is 4.74 Å². The van der Waals surface area contributed by atoms with E-state index in [2.05, 4.69) is 46.6 Å². The number of nitrogens with zero attached hydrogens (tertiary/aromatic N) is 4. The van der Waals surface area contributed by atoms with E-state index in [1.165, 1.54) is 18.5 Å². The second-order valence-electron chi connectivity index (χ2n) is 8.12. The second-order valence-corrected chi connectivity index (χ2v) is 9.10.